The number of rotatable bonds is 6. The molecule has 0 saturated carbocycles. The Balaban J connectivity index is 1.66. The van der Waals surface area contributed by atoms with Crippen LogP contribution in [0.3, 0.4) is 0 Å². The lowest BCUT2D eigenvalue weighted by Crippen LogP contribution is -2.16. The number of imidazole rings is 1. The summed E-state index contributed by atoms with van der Waals surface area (Å²) in [4.78, 5) is 4.40. The molecule has 1 heterocycles. The highest BCUT2D eigenvalue weighted by molar-refractivity contribution is 5.14. The standard InChI is InChI=1S/C15H21N3/c1-13-12-18(14(2)17-13)10-6-9-16-11-15-7-4-3-5-8-15/h3-5,7-8,12,16H,6,9-11H2,1-2H3. The zero-order chi connectivity index (χ0) is 12.8. The van der Waals surface area contributed by atoms with Crippen LogP contribution in [0, 0.1) is 13.8 Å². The molecule has 0 aliphatic rings. The molecule has 0 aliphatic heterocycles. The van der Waals surface area contributed by atoms with Crippen molar-refractivity contribution in [3.8, 4) is 0 Å². The summed E-state index contributed by atoms with van der Waals surface area (Å²) in [5, 5.41) is 3.46. The molecule has 0 aliphatic carbocycles. The van der Waals surface area contributed by atoms with Gasteiger partial charge in [0.1, 0.15) is 5.82 Å². The second-order valence-electron chi connectivity index (χ2n) is 4.64. The van der Waals surface area contributed by atoms with Gasteiger partial charge < -0.3 is 9.88 Å². The van der Waals surface area contributed by atoms with Gasteiger partial charge in [-0.05, 0) is 32.4 Å². The number of benzene rings is 1. The first-order valence-electron chi connectivity index (χ1n) is 6.51. The number of aromatic nitrogens is 2. The van der Waals surface area contributed by atoms with E-state index in [-0.39, 0.29) is 0 Å². The third kappa shape index (κ3) is 3.70. The molecule has 0 unspecified atom stereocenters. The van der Waals surface area contributed by atoms with Gasteiger partial charge in [0, 0.05) is 19.3 Å². The van der Waals surface area contributed by atoms with Gasteiger partial charge >= 0.3 is 0 Å². The number of hydrogen-bond acceptors (Lipinski definition) is 2. The van der Waals surface area contributed by atoms with Gasteiger partial charge in [0.15, 0.2) is 0 Å². The quantitative estimate of drug-likeness (QED) is 0.791. The lowest BCUT2D eigenvalue weighted by Gasteiger charge is -2.06. The molecule has 2 rings (SSSR count). The molecule has 0 saturated heterocycles. The maximum Gasteiger partial charge on any atom is 0.105 e. The minimum Gasteiger partial charge on any atom is -0.335 e. The van der Waals surface area contributed by atoms with Crippen molar-refractivity contribution in [2.75, 3.05) is 6.54 Å². The minimum atomic E-state index is 0.947. The Bertz CT molecular complexity index is 474. The molecule has 3 nitrogen and oxygen atoms in total. The topological polar surface area (TPSA) is 29.9 Å². The van der Waals surface area contributed by atoms with Crippen LogP contribution in [0.5, 0.6) is 0 Å². The molecule has 1 aromatic carbocycles. The van der Waals surface area contributed by atoms with Gasteiger partial charge in [0.25, 0.3) is 0 Å². The maximum absolute atomic E-state index is 4.40. The van der Waals surface area contributed by atoms with Crippen molar-refractivity contribution >= 4 is 0 Å². The summed E-state index contributed by atoms with van der Waals surface area (Å²) in [6.45, 7) is 7.12. The predicted octanol–water partition coefficient (Wildman–Crippen LogP) is 2.68. The monoisotopic (exact) mass is 243 g/mol. The van der Waals surface area contributed by atoms with Crippen molar-refractivity contribution in [3.63, 3.8) is 0 Å². The van der Waals surface area contributed by atoms with Crippen molar-refractivity contribution in [1.82, 2.24) is 14.9 Å². The van der Waals surface area contributed by atoms with Crippen LogP contribution >= 0.6 is 0 Å². The molecular formula is C15H21N3. The summed E-state index contributed by atoms with van der Waals surface area (Å²) in [5.74, 6) is 1.11. The smallest absolute Gasteiger partial charge is 0.105 e. The van der Waals surface area contributed by atoms with Gasteiger partial charge in [-0.25, -0.2) is 4.98 Å². The summed E-state index contributed by atoms with van der Waals surface area (Å²) < 4.78 is 2.22. The second-order valence-corrected chi connectivity index (χ2v) is 4.64. The summed E-state index contributed by atoms with van der Waals surface area (Å²) in [6, 6.07) is 10.5. The van der Waals surface area contributed by atoms with Crippen molar-refractivity contribution in [3.05, 3.63) is 53.6 Å². The van der Waals surface area contributed by atoms with Crippen LogP contribution in [-0.4, -0.2) is 16.1 Å². The zero-order valence-electron chi connectivity index (χ0n) is 11.2. The van der Waals surface area contributed by atoms with Crippen LogP contribution in [0.1, 0.15) is 23.5 Å². The van der Waals surface area contributed by atoms with Crippen molar-refractivity contribution in [1.29, 1.82) is 0 Å². The summed E-state index contributed by atoms with van der Waals surface area (Å²) in [7, 11) is 0. The second kappa shape index (κ2) is 6.36. The average Bonchev–Trinajstić information content (AvgIpc) is 2.69. The lowest BCUT2D eigenvalue weighted by molar-refractivity contribution is 0.572. The number of aryl methyl sites for hydroxylation is 3. The van der Waals surface area contributed by atoms with Gasteiger partial charge in [-0.1, -0.05) is 30.3 Å². The molecule has 96 valence electrons. The Kier molecular flexibility index (Phi) is 4.53. The molecule has 0 atom stereocenters. The highest BCUT2D eigenvalue weighted by Gasteiger charge is 1.99. The van der Waals surface area contributed by atoms with Gasteiger partial charge in [-0.15, -0.1) is 0 Å². The van der Waals surface area contributed by atoms with Crippen LogP contribution < -0.4 is 5.32 Å². The third-order valence-electron chi connectivity index (χ3n) is 3.02. The van der Waals surface area contributed by atoms with E-state index in [1.54, 1.807) is 0 Å². The fraction of sp³-hybridized carbons (Fsp3) is 0.400. The minimum absolute atomic E-state index is 0.947. The molecule has 1 aromatic heterocycles. The lowest BCUT2D eigenvalue weighted by atomic mass is 10.2. The molecule has 1 N–H and O–H groups in total. The predicted molar refractivity (Wildman–Crippen MR) is 74.5 cm³/mol. The molecule has 0 radical (unpaired) electrons. The SMILES string of the molecule is Cc1cn(CCCNCc2ccccc2)c(C)n1. The number of hydrogen-bond donors (Lipinski definition) is 1. The number of nitrogens with one attached hydrogen (secondary N) is 1. The molecule has 0 spiro atoms. The van der Waals surface area contributed by atoms with E-state index < -0.39 is 0 Å². The Hall–Kier alpha value is -1.61. The van der Waals surface area contributed by atoms with Crippen LogP contribution in [0.2, 0.25) is 0 Å². The van der Waals surface area contributed by atoms with Crippen LogP contribution in [0.4, 0.5) is 0 Å². The van der Waals surface area contributed by atoms with Crippen LogP contribution in [-0.2, 0) is 13.1 Å². The summed E-state index contributed by atoms with van der Waals surface area (Å²) >= 11 is 0. The molecule has 2 aromatic rings. The molecule has 0 fully saturated rings. The summed E-state index contributed by atoms with van der Waals surface area (Å²) in [6.07, 6.45) is 3.25. The van der Waals surface area contributed by atoms with Gasteiger partial charge in [-0.2, -0.15) is 0 Å². The Morgan fingerprint density at radius 2 is 1.94 bits per heavy atom. The average molecular weight is 243 g/mol. The van der Waals surface area contributed by atoms with E-state index in [2.05, 4.69) is 52.3 Å². The highest BCUT2D eigenvalue weighted by atomic mass is 15.1. The van der Waals surface area contributed by atoms with Crippen LogP contribution in [0.15, 0.2) is 36.5 Å². The van der Waals surface area contributed by atoms with Crippen LogP contribution in [0.25, 0.3) is 0 Å². The Morgan fingerprint density at radius 1 is 1.17 bits per heavy atom. The Labute approximate surface area is 109 Å². The number of nitrogens with zero attached hydrogens (tertiary/aromatic N) is 2. The normalized spacial score (nSPS) is 10.8. The largest absolute Gasteiger partial charge is 0.335 e. The van der Waals surface area contributed by atoms with E-state index in [0.717, 1.165) is 37.6 Å². The van der Waals surface area contributed by atoms with Crippen molar-refractivity contribution < 1.29 is 0 Å². The fourth-order valence-corrected chi connectivity index (χ4v) is 2.10. The van der Waals surface area contributed by atoms with E-state index >= 15 is 0 Å². The van der Waals surface area contributed by atoms with Gasteiger partial charge in [0.05, 0.1) is 5.69 Å². The maximum atomic E-state index is 4.40. The van der Waals surface area contributed by atoms with Crippen molar-refractivity contribution in [2.24, 2.45) is 0 Å². The first-order chi connectivity index (χ1) is 8.75. The zero-order valence-corrected chi connectivity index (χ0v) is 11.2. The van der Waals surface area contributed by atoms with Crippen molar-refractivity contribution in [2.45, 2.75) is 33.4 Å². The molecule has 18 heavy (non-hydrogen) atoms. The fourth-order valence-electron chi connectivity index (χ4n) is 2.10. The summed E-state index contributed by atoms with van der Waals surface area (Å²) in [5.41, 5.74) is 2.44. The van der Waals surface area contributed by atoms with E-state index in [4.69, 9.17) is 0 Å². The molecule has 0 amide bonds. The van der Waals surface area contributed by atoms with E-state index in [9.17, 15) is 0 Å². The molecule has 0 bridgehead atoms. The van der Waals surface area contributed by atoms with E-state index in [1.165, 1.54) is 5.56 Å². The van der Waals surface area contributed by atoms with Gasteiger partial charge in [0.2, 0.25) is 0 Å². The molecule has 3 heteroatoms. The highest BCUT2D eigenvalue weighted by Crippen LogP contribution is 2.02. The Morgan fingerprint density at radius 3 is 2.61 bits per heavy atom. The third-order valence-corrected chi connectivity index (χ3v) is 3.02. The van der Waals surface area contributed by atoms with E-state index in [0.29, 0.717) is 0 Å². The van der Waals surface area contributed by atoms with E-state index in [1.807, 2.05) is 13.0 Å². The first kappa shape index (κ1) is 12.8. The molecular weight excluding hydrogens is 222 g/mol. The first-order valence-corrected chi connectivity index (χ1v) is 6.51. The van der Waals surface area contributed by atoms with Gasteiger partial charge in [-0.3, -0.25) is 0 Å².